The molecule has 186 valence electrons. The Bertz CT molecular complexity index is 1320. The standard InChI is InChI=1S/C27H25F3N4O2/c1-19-17-34(18-20-7-9-21(10-8-20)27(28,29)30)25(24(19)22-5-4-16-36-22)26(35)33-14-12-32(13-15-33)23-6-2-3-11-31-23/h2-11,16-17H,12-15,18H2,1H3. The number of aromatic nitrogens is 2. The van der Waals surface area contributed by atoms with Crippen molar-refractivity contribution in [3.63, 3.8) is 0 Å². The molecule has 4 heterocycles. The molecule has 1 aliphatic heterocycles. The summed E-state index contributed by atoms with van der Waals surface area (Å²) < 4.78 is 46.4. The van der Waals surface area contributed by atoms with E-state index in [0.29, 0.717) is 48.8 Å². The first-order chi connectivity index (χ1) is 17.3. The van der Waals surface area contributed by atoms with E-state index in [1.807, 2.05) is 40.8 Å². The Balaban J connectivity index is 1.43. The zero-order valence-corrected chi connectivity index (χ0v) is 19.7. The first kappa shape index (κ1) is 23.7. The number of carbonyl (C=O) groups excluding carboxylic acids is 1. The number of amides is 1. The average molecular weight is 495 g/mol. The summed E-state index contributed by atoms with van der Waals surface area (Å²) >= 11 is 0. The first-order valence-corrected chi connectivity index (χ1v) is 11.7. The monoisotopic (exact) mass is 494 g/mol. The Kier molecular flexibility index (Phi) is 6.30. The summed E-state index contributed by atoms with van der Waals surface area (Å²) in [5, 5.41) is 0. The number of furan rings is 1. The zero-order chi connectivity index (χ0) is 25.3. The smallest absolute Gasteiger partial charge is 0.416 e. The average Bonchev–Trinajstić information content (AvgIpc) is 3.51. The van der Waals surface area contributed by atoms with Gasteiger partial charge in [0.25, 0.3) is 5.91 Å². The van der Waals surface area contributed by atoms with Gasteiger partial charge in [-0.3, -0.25) is 4.79 Å². The van der Waals surface area contributed by atoms with Gasteiger partial charge in [0.15, 0.2) is 0 Å². The molecule has 1 fully saturated rings. The highest BCUT2D eigenvalue weighted by molar-refractivity contribution is 6.00. The fourth-order valence-corrected chi connectivity index (χ4v) is 4.60. The highest BCUT2D eigenvalue weighted by atomic mass is 19.4. The molecule has 9 heteroatoms. The van der Waals surface area contributed by atoms with Crippen molar-refractivity contribution in [3.8, 4) is 11.3 Å². The minimum absolute atomic E-state index is 0.137. The predicted octanol–water partition coefficient (Wildman–Crippen LogP) is 5.48. The van der Waals surface area contributed by atoms with Gasteiger partial charge in [-0.05, 0) is 54.4 Å². The van der Waals surface area contributed by atoms with E-state index in [9.17, 15) is 18.0 Å². The number of rotatable bonds is 5. The van der Waals surface area contributed by atoms with E-state index in [2.05, 4.69) is 9.88 Å². The highest BCUT2D eigenvalue weighted by Gasteiger charge is 2.31. The molecule has 0 bridgehead atoms. The molecule has 0 unspecified atom stereocenters. The van der Waals surface area contributed by atoms with E-state index in [1.165, 1.54) is 12.1 Å². The Morgan fingerprint density at radius 2 is 1.75 bits per heavy atom. The van der Waals surface area contributed by atoms with Crippen LogP contribution in [0.1, 0.15) is 27.2 Å². The summed E-state index contributed by atoms with van der Waals surface area (Å²) in [4.78, 5) is 22.2. The van der Waals surface area contributed by atoms with Crippen molar-refractivity contribution < 1.29 is 22.4 Å². The van der Waals surface area contributed by atoms with Crippen LogP contribution in [-0.4, -0.2) is 46.5 Å². The van der Waals surface area contributed by atoms with Gasteiger partial charge in [-0.25, -0.2) is 4.98 Å². The number of anilines is 1. The summed E-state index contributed by atoms with van der Waals surface area (Å²) in [6.07, 6.45) is 0.766. The topological polar surface area (TPSA) is 54.5 Å². The SMILES string of the molecule is Cc1cn(Cc2ccc(C(F)(F)F)cc2)c(C(=O)N2CCN(c3ccccn3)CC2)c1-c1ccco1. The van der Waals surface area contributed by atoms with E-state index in [-0.39, 0.29) is 12.5 Å². The lowest BCUT2D eigenvalue weighted by Gasteiger charge is -2.35. The molecule has 1 aliphatic rings. The van der Waals surface area contributed by atoms with Gasteiger partial charge < -0.3 is 18.8 Å². The number of piperazine rings is 1. The maximum atomic E-state index is 13.8. The fraction of sp³-hybridized carbons (Fsp3) is 0.259. The van der Waals surface area contributed by atoms with E-state index in [1.54, 1.807) is 24.6 Å². The lowest BCUT2D eigenvalue weighted by molar-refractivity contribution is -0.137. The summed E-state index contributed by atoms with van der Waals surface area (Å²) in [5.41, 5.74) is 1.98. The van der Waals surface area contributed by atoms with Gasteiger partial charge in [-0.2, -0.15) is 13.2 Å². The third-order valence-electron chi connectivity index (χ3n) is 6.41. The molecule has 1 aromatic carbocycles. The highest BCUT2D eigenvalue weighted by Crippen LogP contribution is 2.33. The van der Waals surface area contributed by atoms with Crippen LogP contribution in [0.3, 0.4) is 0 Å². The summed E-state index contributed by atoms with van der Waals surface area (Å²) in [7, 11) is 0. The number of pyridine rings is 1. The van der Waals surface area contributed by atoms with Crippen LogP contribution in [0.5, 0.6) is 0 Å². The van der Waals surface area contributed by atoms with Crippen LogP contribution in [0.4, 0.5) is 19.0 Å². The molecular weight excluding hydrogens is 469 g/mol. The van der Waals surface area contributed by atoms with Crippen LogP contribution in [0.25, 0.3) is 11.3 Å². The maximum absolute atomic E-state index is 13.8. The van der Waals surface area contributed by atoms with Crippen molar-refractivity contribution in [1.82, 2.24) is 14.5 Å². The Hall–Kier alpha value is -4.01. The quantitative estimate of drug-likeness (QED) is 0.369. The number of aryl methyl sites for hydroxylation is 1. The lowest BCUT2D eigenvalue weighted by atomic mass is 10.1. The number of hydrogen-bond donors (Lipinski definition) is 0. The number of alkyl halides is 3. The fourth-order valence-electron chi connectivity index (χ4n) is 4.60. The molecule has 0 saturated carbocycles. The molecule has 0 spiro atoms. The van der Waals surface area contributed by atoms with Crippen LogP contribution in [0.2, 0.25) is 0 Å². The molecule has 5 rings (SSSR count). The molecule has 3 aromatic heterocycles. The molecule has 0 radical (unpaired) electrons. The van der Waals surface area contributed by atoms with Crippen LogP contribution in [0, 0.1) is 6.92 Å². The van der Waals surface area contributed by atoms with E-state index in [0.717, 1.165) is 23.5 Å². The number of carbonyl (C=O) groups is 1. The molecule has 36 heavy (non-hydrogen) atoms. The van der Waals surface area contributed by atoms with Gasteiger partial charge in [0.1, 0.15) is 17.3 Å². The minimum atomic E-state index is -4.40. The van der Waals surface area contributed by atoms with Crippen molar-refractivity contribution >= 4 is 11.7 Å². The molecule has 0 N–H and O–H groups in total. The van der Waals surface area contributed by atoms with Crippen molar-refractivity contribution in [2.24, 2.45) is 0 Å². The van der Waals surface area contributed by atoms with Gasteiger partial charge >= 0.3 is 6.18 Å². The van der Waals surface area contributed by atoms with Gasteiger partial charge in [0.05, 0.1) is 17.4 Å². The second-order valence-electron chi connectivity index (χ2n) is 8.80. The van der Waals surface area contributed by atoms with Crippen LogP contribution in [0.15, 0.2) is 77.7 Å². The van der Waals surface area contributed by atoms with Crippen LogP contribution in [-0.2, 0) is 12.7 Å². The van der Waals surface area contributed by atoms with Gasteiger partial charge in [0, 0.05) is 45.1 Å². The zero-order valence-electron chi connectivity index (χ0n) is 19.7. The third kappa shape index (κ3) is 4.73. The normalized spacial score (nSPS) is 14.3. The van der Waals surface area contributed by atoms with E-state index in [4.69, 9.17) is 4.42 Å². The van der Waals surface area contributed by atoms with Gasteiger partial charge in [0.2, 0.25) is 0 Å². The molecule has 0 atom stereocenters. The number of benzene rings is 1. The largest absolute Gasteiger partial charge is 0.464 e. The predicted molar refractivity (Wildman–Crippen MR) is 130 cm³/mol. The second-order valence-corrected chi connectivity index (χ2v) is 8.80. The van der Waals surface area contributed by atoms with Gasteiger partial charge in [-0.1, -0.05) is 18.2 Å². The second kappa shape index (κ2) is 9.56. The summed E-state index contributed by atoms with van der Waals surface area (Å²) in [5.74, 6) is 1.32. The first-order valence-electron chi connectivity index (χ1n) is 11.7. The number of halogens is 3. The van der Waals surface area contributed by atoms with Crippen molar-refractivity contribution in [2.45, 2.75) is 19.6 Å². The molecule has 1 amide bonds. The van der Waals surface area contributed by atoms with Crippen molar-refractivity contribution in [3.05, 3.63) is 95.6 Å². The van der Waals surface area contributed by atoms with E-state index >= 15 is 0 Å². The summed E-state index contributed by atoms with van der Waals surface area (Å²) in [6.45, 7) is 4.51. The third-order valence-corrected chi connectivity index (χ3v) is 6.41. The molecule has 1 saturated heterocycles. The van der Waals surface area contributed by atoms with Crippen LogP contribution < -0.4 is 4.90 Å². The number of nitrogens with zero attached hydrogens (tertiary/aromatic N) is 4. The van der Waals surface area contributed by atoms with Crippen molar-refractivity contribution in [2.75, 3.05) is 31.1 Å². The molecule has 6 nitrogen and oxygen atoms in total. The van der Waals surface area contributed by atoms with E-state index < -0.39 is 11.7 Å². The Morgan fingerprint density at radius 1 is 1.00 bits per heavy atom. The molecule has 0 aliphatic carbocycles. The maximum Gasteiger partial charge on any atom is 0.416 e. The minimum Gasteiger partial charge on any atom is -0.464 e. The van der Waals surface area contributed by atoms with Crippen LogP contribution >= 0.6 is 0 Å². The van der Waals surface area contributed by atoms with Gasteiger partial charge in [-0.15, -0.1) is 0 Å². The molecular formula is C27H25F3N4O2. The summed E-state index contributed by atoms with van der Waals surface area (Å²) in [6, 6.07) is 14.4. The molecule has 4 aromatic rings. The lowest BCUT2D eigenvalue weighted by Crippen LogP contribution is -2.49. The number of hydrogen-bond acceptors (Lipinski definition) is 4. The Morgan fingerprint density at radius 3 is 2.36 bits per heavy atom. The van der Waals surface area contributed by atoms with Crippen molar-refractivity contribution in [1.29, 1.82) is 0 Å². The Labute approximate surface area is 206 Å².